The zero-order valence-electron chi connectivity index (χ0n) is 10.9. The first-order valence-electron chi connectivity index (χ1n) is 6.70. The van der Waals surface area contributed by atoms with Crippen LogP contribution >= 0.6 is 11.6 Å². The summed E-state index contributed by atoms with van der Waals surface area (Å²) < 4.78 is 20.0. The lowest BCUT2D eigenvalue weighted by Gasteiger charge is -2.31. The molecular weight excluding hydrogens is 267 g/mol. The van der Waals surface area contributed by atoms with E-state index in [4.69, 9.17) is 22.1 Å². The average molecular weight is 287 g/mol. The topological polar surface area (TPSA) is 47.3 Å². The van der Waals surface area contributed by atoms with Crippen LogP contribution in [0, 0.1) is 11.7 Å². The predicted octanol–water partition coefficient (Wildman–Crippen LogP) is 2.50. The summed E-state index contributed by atoms with van der Waals surface area (Å²) in [6.07, 6.45) is 1.82. The van der Waals surface area contributed by atoms with Crippen molar-refractivity contribution >= 4 is 11.6 Å². The van der Waals surface area contributed by atoms with Crippen molar-refractivity contribution in [3.63, 3.8) is 0 Å². The second-order valence-electron chi connectivity index (χ2n) is 4.83. The van der Waals surface area contributed by atoms with Crippen molar-refractivity contribution in [3.05, 3.63) is 34.6 Å². The highest BCUT2D eigenvalue weighted by Crippen LogP contribution is 2.34. The highest BCUT2D eigenvalue weighted by molar-refractivity contribution is 6.30. The van der Waals surface area contributed by atoms with Crippen molar-refractivity contribution in [1.29, 1.82) is 0 Å². The first-order chi connectivity index (χ1) is 9.24. The van der Waals surface area contributed by atoms with Crippen LogP contribution in [-0.2, 0) is 4.74 Å². The molecule has 1 unspecified atom stereocenters. The Morgan fingerprint density at radius 2 is 2.37 bits per heavy atom. The van der Waals surface area contributed by atoms with Crippen LogP contribution in [-0.4, -0.2) is 26.2 Å². The Balaban J connectivity index is 2.22. The second-order valence-corrected chi connectivity index (χ2v) is 5.24. The molecule has 1 aliphatic rings. The van der Waals surface area contributed by atoms with Gasteiger partial charge >= 0.3 is 0 Å². The lowest BCUT2D eigenvalue weighted by molar-refractivity contribution is 0.00502. The molecule has 1 aliphatic heterocycles. The van der Waals surface area contributed by atoms with Crippen LogP contribution in [0.15, 0.2) is 18.2 Å². The Kier molecular flexibility index (Phi) is 5.58. The summed E-state index contributed by atoms with van der Waals surface area (Å²) in [5.41, 5.74) is 6.03. The molecule has 0 amide bonds. The van der Waals surface area contributed by atoms with E-state index in [1.165, 1.54) is 0 Å². The SMILES string of the molecule is NCCO[C@H](c1cccc(Cl)c1F)C1CCCNC1. The van der Waals surface area contributed by atoms with Gasteiger partial charge in [0.1, 0.15) is 5.82 Å². The molecule has 1 saturated heterocycles. The van der Waals surface area contributed by atoms with Crippen LogP contribution in [0.4, 0.5) is 4.39 Å². The first kappa shape index (κ1) is 14.7. The quantitative estimate of drug-likeness (QED) is 0.874. The van der Waals surface area contributed by atoms with E-state index < -0.39 is 0 Å². The highest BCUT2D eigenvalue weighted by Gasteiger charge is 2.28. The van der Waals surface area contributed by atoms with Gasteiger partial charge in [-0.15, -0.1) is 0 Å². The number of rotatable bonds is 5. The Morgan fingerprint density at radius 1 is 1.53 bits per heavy atom. The van der Waals surface area contributed by atoms with Crippen molar-refractivity contribution in [3.8, 4) is 0 Å². The summed E-state index contributed by atoms with van der Waals surface area (Å²) >= 11 is 5.86. The van der Waals surface area contributed by atoms with E-state index >= 15 is 0 Å². The number of piperidine rings is 1. The third kappa shape index (κ3) is 3.66. The molecular formula is C14H20ClFN2O. The molecule has 106 valence electrons. The number of hydrogen-bond donors (Lipinski definition) is 2. The number of nitrogens with one attached hydrogen (secondary N) is 1. The minimum absolute atomic E-state index is 0.141. The molecule has 3 nitrogen and oxygen atoms in total. The second kappa shape index (κ2) is 7.20. The average Bonchev–Trinajstić information content (AvgIpc) is 2.45. The standard InChI is InChI=1S/C14H20ClFN2O/c15-12-5-1-4-11(13(12)16)14(19-8-6-17)10-3-2-7-18-9-10/h1,4-5,10,14,18H,2-3,6-9,17H2/t10?,14-/m0/s1. The molecule has 3 N–H and O–H groups in total. The molecule has 0 saturated carbocycles. The van der Waals surface area contributed by atoms with Gasteiger partial charge in [-0.05, 0) is 25.5 Å². The molecule has 1 aromatic rings. The van der Waals surface area contributed by atoms with E-state index in [1.54, 1.807) is 18.2 Å². The van der Waals surface area contributed by atoms with E-state index in [2.05, 4.69) is 5.32 Å². The third-order valence-electron chi connectivity index (χ3n) is 3.47. The first-order valence-corrected chi connectivity index (χ1v) is 7.08. The van der Waals surface area contributed by atoms with E-state index in [-0.39, 0.29) is 22.9 Å². The van der Waals surface area contributed by atoms with Gasteiger partial charge in [-0.25, -0.2) is 4.39 Å². The molecule has 1 aromatic carbocycles. The molecule has 19 heavy (non-hydrogen) atoms. The van der Waals surface area contributed by atoms with Gasteiger partial charge in [-0.3, -0.25) is 0 Å². The van der Waals surface area contributed by atoms with Crippen molar-refractivity contribution in [2.75, 3.05) is 26.2 Å². The lowest BCUT2D eigenvalue weighted by Crippen LogP contribution is -2.35. The molecule has 0 bridgehead atoms. The van der Waals surface area contributed by atoms with Gasteiger partial charge in [0.05, 0.1) is 17.7 Å². The molecule has 1 fully saturated rings. The fourth-order valence-electron chi connectivity index (χ4n) is 2.55. The number of hydrogen-bond acceptors (Lipinski definition) is 3. The van der Waals surface area contributed by atoms with Gasteiger partial charge in [0.2, 0.25) is 0 Å². The molecule has 2 atom stereocenters. The zero-order valence-corrected chi connectivity index (χ0v) is 11.6. The van der Waals surface area contributed by atoms with Crippen LogP contribution in [0.25, 0.3) is 0 Å². The summed E-state index contributed by atoms with van der Waals surface area (Å²) in [4.78, 5) is 0. The minimum atomic E-state index is -0.378. The van der Waals surface area contributed by atoms with E-state index in [1.807, 2.05) is 0 Å². The largest absolute Gasteiger partial charge is 0.372 e. The molecule has 0 spiro atoms. The maximum atomic E-state index is 14.2. The van der Waals surface area contributed by atoms with Crippen LogP contribution in [0.3, 0.4) is 0 Å². The van der Waals surface area contributed by atoms with Crippen LogP contribution < -0.4 is 11.1 Å². The maximum absolute atomic E-state index is 14.2. The van der Waals surface area contributed by atoms with E-state index in [9.17, 15) is 4.39 Å². The molecule has 0 aliphatic carbocycles. The smallest absolute Gasteiger partial charge is 0.147 e. The Hall–Kier alpha value is -0.680. The zero-order chi connectivity index (χ0) is 13.7. The van der Waals surface area contributed by atoms with Gasteiger partial charge in [0.15, 0.2) is 0 Å². The van der Waals surface area contributed by atoms with E-state index in [0.29, 0.717) is 18.7 Å². The van der Waals surface area contributed by atoms with Crippen molar-refractivity contribution < 1.29 is 9.13 Å². The summed E-state index contributed by atoms with van der Waals surface area (Å²) in [5, 5.41) is 3.47. The maximum Gasteiger partial charge on any atom is 0.147 e. The normalized spacial score (nSPS) is 21.3. The Morgan fingerprint density at radius 3 is 3.05 bits per heavy atom. The third-order valence-corrected chi connectivity index (χ3v) is 3.76. The predicted molar refractivity (Wildman–Crippen MR) is 74.8 cm³/mol. The van der Waals surface area contributed by atoms with Crippen molar-refractivity contribution in [2.45, 2.75) is 18.9 Å². The number of halogens is 2. The number of ether oxygens (including phenoxy) is 1. The van der Waals surface area contributed by atoms with E-state index in [0.717, 1.165) is 25.9 Å². The van der Waals surface area contributed by atoms with Gasteiger partial charge < -0.3 is 15.8 Å². The number of benzene rings is 1. The molecule has 5 heteroatoms. The molecule has 1 heterocycles. The lowest BCUT2D eigenvalue weighted by atomic mass is 9.89. The van der Waals surface area contributed by atoms with Crippen LogP contribution in [0.5, 0.6) is 0 Å². The minimum Gasteiger partial charge on any atom is -0.372 e. The monoisotopic (exact) mass is 286 g/mol. The van der Waals surface area contributed by atoms with Gasteiger partial charge in [0.25, 0.3) is 0 Å². The fourth-order valence-corrected chi connectivity index (χ4v) is 2.73. The van der Waals surface area contributed by atoms with Crippen molar-refractivity contribution in [1.82, 2.24) is 5.32 Å². The number of nitrogens with two attached hydrogens (primary N) is 1. The molecule has 2 rings (SSSR count). The van der Waals surface area contributed by atoms with Crippen molar-refractivity contribution in [2.24, 2.45) is 11.7 Å². The Bertz CT molecular complexity index is 410. The summed E-state index contributed by atoms with van der Waals surface area (Å²) in [5.74, 6) is -0.120. The van der Waals surface area contributed by atoms with Gasteiger partial charge in [-0.2, -0.15) is 0 Å². The van der Waals surface area contributed by atoms with Crippen LogP contribution in [0.2, 0.25) is 5.02 Å². The van der Waals surface area contributed by atoms with Gasteiger partial charge in [-0.1, -0.05) is 23.7 Å². The molecule has 0 radical (unpaired) electrons. The summed E-state index contributed by atoms with van der Waals surface area (Å²) in [7, 11) is 0. The Labute approximate surface area is 118 Å². The fraction of sp³-hybridized carbons (Fsp3) is 0.571. The van der Waals surface area contributed by atoms with Crippen LogP contribution in [0.1, 0.15) is 24.5 Å². The highest BCUT2D eigenvalue weighted by atomic mass is 35.5. The summed E-state index contributed by atoms with van der Waals surface area (Å²) in [6.45, 7) is 2.70. The van der Waals surface area contributed by atoms with Gasteiger partial charge in [0, 0.05) is 24.6 Å². The molecule has 0 aromatic heterocycles. The summed E-state index contributed by atoms with van der Waals surface area (Å²) in [6, 6.07) is 5.06.